The van der Waals surface area contributed by atoms with Crippen LogP contribution in [0, 0.1) is 0 Å². The highest BCUT2D eigenvalue weighted by Gasteiger charge is 2.21. The molecule has 36 heavy (non-hydrogen) atoms. The van der Waals surface area contributed by atoms with Crippen LogP contribution in [0.15, 0.2) is 128 Å². The van der Waals surface area contributed by atoms with E-state index >= 15 is 0 Å². The molecule has 0 unspecified atom stereocenters. The molecular weight excluding hydrogens is 438 g/mol. The molecule has 3 aromatic heterocycles. The Morgan fingerprint density at radius 2 is 1.14 bits per heavy atom. The number of pyridine rings is 1. The molecule has 0 aliphatic carbocycles. The highest BCUT2D eigenvalue weighted by Crippen LogP contribution is 2.40. The molecule has 8 aromatic rings. The standard InChI is InChI=1S/C33H21N3/c1-2-12-24(13-3-1)35-28-16-8-6-14-26(28)31-30(35)21-34-32-27-15-7-9-17-29(27)36(33(31)32)25-19-18-22-10-4-5-11-23(22)20-25/h1-21H. The van der Waals surface area contributed by atoms with Gasteiger partial charge in [0.2, 0.25) is 0 Å². The van der Waals surface area contributed by atoms with Crippen molar-refractivity contribution in [3.63, 3.8) is 0 Å². The zero-order chi connectivity index (χ0) is 23.6. The van der Waals surface area contributed by atoms with Crippen molar-refractivity contribution in [3.05, 3.63) is 128 Å². The summed E-state index contributed by atoms with van der Waals surface area (Å²) < 4.78 is 4.73. The first-order valence-electron chi connectivity index (χ1n) is 12.2. The van der Waals surface area contributed by atoms with Gasteiger partial charge in [0.1, 0.15) is 0 Å². The van der Waals surface area contributed by atoms with Gasteiger partial charge in [-0.05, 0) is 47.2 Å². The van der Waals surface area contributed by atoms with E-state index in [-0.39, 0.29) is 0 Å². The summed E-state index contributed by atoms with van der Waals surface area (Å²) in [5.41, 5.74) is 7.92. The zero-order valence-electron chi connectivity index (χ0n) is 19.5. The third-order valence-corrected chi connectivity index (χ3v) is 7.32. The summed E-state index contributed by atoms with van der Waals surface area (Å²) in [4.78, 5) is 5.09. The Morgan fingerprint density at radius 3 is 1.97 bits per heavy atom. The van der Waals surface area contributed by atoms with Crippen molar-refractivity contribution in [2.24, 2.45) is 0 Å². The minimum absolute atomic E-state index is 1.03. The number of para-hydroxylation sites is 3. The van der Waals surface area contributed by atoms with E-state index in [0.717, 1.165) is 27.9 Å². The van der Waals surface area contributed by atoms with Gasteiger partial charge < -0.3 is 9.13 Å². The lowest BCUT2D eigenvalue weighted by Gasteiger charge is -2.10. The predicted molar refractivity (Wildman–Crippen MR) is 150 cm³/mol. The van der Waals surface area contributed by atoms with Crippen molar-refractivity contribution in [1.29, 1.82) is 0 Å². The monoisotopic (exact) mass is 459 g/mol. The lowest BCUT2D eigenvalue weighted by atomic mass is 10.1. The van der Waals surface area contributed by atoms with E-state index < -0.39 is 0 Å². The number of nitrogens with zero attached hydrogens (tertiary/aromatic N) is 3. The van der Waals surface area contributed by atoms with E-state index in [2.05, 4.69) is 130 Å². The lowest BCUT2D eigenvalue weighted by Crippen LogP contribution is -1.96. The maximum absolute atomic E-state index is 5.09. The van der Waals surface area contributed by atoms with E-state index in [1.54, 1.807) is 0 Å². The fraction of sp³-hybridized carbons (Fsp3) is 0. The van der Waals surface area contributed by atoms with E-state index in [1.807, 2.05) is 6.20 Å². The van der Waals surface area contributed by atoms with Crippen molar-refractivity contribution in [2.45, 2.75) is 0 Å². The van der Waals surface area contributed by atoms with Crippen LogP contribution in [0.5, 0.6) is 0 Å². The van der Waals surface area contributed by atoms with Crippen molar-refractivity contribution in [1.82, 2.24) is 14.1 Å². The van der Waals surface area contributed by atoms with Crippen LogP contribution in [-0.2, 0) is 0 Å². The van der Waals surface area contributed by atoms with Gasteiger partial charge in [-0.25, -0.2) is 0 Å². The van der Waals surface area contributed by atoms with E-state index in [0.29, 0.717) is 0 Å². The summed E-state index contributed by atoms with van der Waals surface area (Å²) in [6.07, 6.45) is 2.04. The summed E-state index contributed by atoms with van der Waals surface area (Å²) in [5.74, 6) is 0. The highest BCUT2D eigenvalue weighted by atomic mass is 15.0. The molecule has 0 spiro atoms. The van der Waals surface area contributed by atoms with Crippen LogP contribution in [0.4, 0.5) is 0 Å². The molecule has 0 radical (unpaired) electrons. The van der Waals surface area contributed by atoms with Gasteiger partial charge in [0, 0.05) is 27.5 Å². The quantitative estimate of drug-likeness (QED) is 0.254. The van der Waals surface area contributed by atoms with Crippen LogP contribution in [0.2, 0.25) is 0 Å². The molecule has 0 bridgehead atoms. The normalized spacial score (nSPS) is 11.9. The summed E-state index contributed by atoms with van der Waals surface area (Å²) in [6.45, 7) is 0. The second-order valence-electron chi connectivity index (χ2n) is 9.29. The second-order valence-corrected chi connectivity index (χ2v) is 9.29. The Morgan fingerprint density at radius 1 is 0.472 bits per heavy atom. The molecule has 5 aromatic carbocycles. The minimum atomic E-state index is 1.03. The Labute approximate surface area is 207 Å². The molecule has 8 rings (SSSR count). The molecule has 0 amide bonds. The van der Waals surface area contributed by atoms with E-state index in [1.165, 1.54) is 38.0 Å². The van der Waals surface area contributed by atoms with Crippen LogP contribution < -0.4 is 0 Å². The number of rotatable bonds is 2. The molecule has 0 atom stereocenters. The molecule has 0 aliphatic heterocycles. The maximum Gasteiger partial charge on any atom is 0.0971 e. The van der Waals surface area contributed by atoms with Crippen LogP contribution in [-0.4, -0.2) is 14.1 Å². The SMILES string of the molecule is c1ccc(-n2c3ccccc3c3c2cnc2c4ccccc4n(-c4ccc5ccccc5c4)c23)cc1. The van der Waals surface area contributed by atoms with Gasteiger partial charge >= 0.3 is 0 Å². The van der Waals surface area contributed by atoms with Gasteiger partial charge in [-0.2, -0.15) is 0 Å². The molecule has 0 N–H and O–H groups in total. The summed E-state index contributed by atoms with van der Waals surface area (Å²) >= 11 is 0. The van der Waals surface area contributed by atoms with Crippen LogP contribution >= 0.6 is 0 Å². The molecule has 3 heterocycles. The smallest absolute Gasteiger partial charge is 0.0971 e. The fourth-order valence-electron chi connectivity index (χ4n) is 5.78. The molecule has 3 heteroatoms. The largest absolute Gasteiger partial charge is 0.308 e. The number of hydrogen-bond donors (Lipinski definition) is 0. The Hall–Kier alpha value is -4.89. The van der Waals surface area contributed by atoms with Crippen molar-refractivity contribution < 1.29 is 0 Å². The second kappa shape index (κ2) is 7.30. The third kappa shape index (κ3) is 2.60. The summed E-state index contributed by atoms with van der Waals surface area (Å²) in [6, 6.07) is 43.1. The maximum atomic E-state index is 5.09. The van der Waals surface area contributed by atoms with Crippen molar-refractivity contribution in [3.8, 4) is 11.4 Å². The van der Waals surface area contributed by atoms with E-state index in [4.69, 9.17) is 4.98 Å². The van der Waals surface area contributed by atoms with Gasteiger partial charge in [-0.3, -0.25) is 4.98 Å². The topological polar surface area (TPSA) is 22.8 Å². The predicted octanol–water partition coefficient (Wildman–Crippen LogP) is 8.43. The first-order chi connectivity index (χ1) is 17.9. The molecule has 168 valence electrons. The van der Waals surface area contributed by atoms with Gasteiger partial charge in [0.05, 0.1) is 33.8 Å². The molecular formula is C33H21N3. The third-order valence-electron chi connectivity index (χ3n) is 7.32. The Kier molecular flexibility index (Phi) is 3.94. The summed E-state index contributed by atoms with van der Waals surface area (Å²) in [5, 5.41) is 6.09. The highest BCUT2D eigenvalue weighted by molar-refractivity contribution is 6.24. The van der Waals surface area contributed by atoms with E-state index in [9.17, 15) is 0 Å². The van der Waals surface area contributed by atoms with Gasteiger partial charge in [0.25, 0.3) is 0 Å². The lowest BCUT2D eigenvalue weighted by molar-refractivity contribution is 1.16. The van der Waals surface area contributed by atoms with Crippen molar-refractivity contribution in [2.75, 3.05) is 0 Å². The molecule has 0 saturated heterocycles. The van der Waals surface area contributed by atoms with Crippen LogP contribution in [0.3, 0.4) is 0 Å². The van der Waals surface area contributed by atoms with Gasteiger partial charge in [0.15, 0.2) is 0 Å². The number of benzene rings is 5. The first kappa shape index (κ1) is 19.4. The number of aromatic nitrogens is 3. The van der Waals surface area contributed by atoms with Gasteiger partial charge in [-0.1, -0.05) is 84.9 Å². The zero-order valence-corrected chi connectivity index (χ0v) is 19.5. The van der Waals surface area contributed by atoms with Crippen LogP contribution in [0.25, 0.3) is 65.9 Å². The molecule has 0 fully saturated rings. The minimum Gasteiger partial charge on any atom is -0.308 e. The first-order valence-corrected chi connectivity index (χ1v) is 12.2. The Bertz CT molecular complexity index is 2100. The number of fused-ring (bicyclic) bond motifs is 8. The number of hydrogen-bond acceptors (Lipinski definition) is 1. The average molecular weight is 460 g/mol. The molecule has 3 nitrogen and oxygen atoms in total. The van der Waals surface area contributed by atoms with Gasteiger partial charge in [-0.15, -0.1) is 0 Å². The fourth-order valence-corrected chi connectivity index (χ4v) is 5.78. The summed E-state index contributed by atoms with van der Waals surface area (Å²) in [7, 11) is 0. The van der Waals surface area contributed by atoms with Crippen molar-refractivity contribution >= 4 is 54.5 Å². The van der Waals surface area contributed by atoms with Crippen LogP contribution in [0.1, 0.15) is 0 Å². The Balaban J connectivity index is 1.61. The molecule has 0 saturated carbocycles. The molecule has 0 aliphatic rings. The average Bonchev–Trinajstić information content (AvgIpc) is 3.46.